The Bertz CT molecular complexity index is 485. The van der Waals surface area contributed by atoms with Gasteiger partial charge >= 0.3 is 0 Å². The third kappa shape index (κ3) is 3.12. The lowest BCUT2D eigenvalue weighted by Gasteiger charge is -2.12. The predicted octanol–water partition coefficient (Wildman–Crippen LogP) is 0.950. The fraction of sp³-hybridized carbons (Fsp3) is 0.500. The summed E-state index contributed by atoms with van der Waals surface area (Å²) in [4.78, 5) is 8.13. The van der Waals surface area contributed by atoms with Crippen LogP contribution in [0.15, 0.2) is 12.4 Å². The van der Waals surface area contributed by atoms with Crippen molar-refractivity contribution in [1.82, 2.24) is 30.6 Å². The van der Waals surface area contributed by atoms with Crippen molar-refractivity contribution < 1.29 is 4.74 Å². The highest BCUT2D eigenvalue weighted by atomic mass is 16.5. The highest BCUT2D eigenvalue weighted by Gasteiger charge is 2.11. The van der Waals surface area contributed by atoms with Crippen LogP contribution in [0.4, 0.5) is 5.82 Å². The minimum Gasteiger partial charge on any atom is -0.475 e. The average molecular weight is 249 g/mol. The van der Waals surface area contributed by atoms with Gasteiger partial charge in [-0.25, -0.2) is 9.97 Å². The Kier molecular flexibility index (Phi) is 3.66. The smallest absolute Gasteiger partial charge is 0.218 e. The lowest BCUT2D eigenvalue weighted by Crippen LogP contribution is -2.11. The zero-order chi connectivity index (χ0) is 13.0. The van der Waals surface area contributed by atoms with Gasteiger partial charge in [0.2, 0.25) is 5.88 Å². The monoisotopic (exact) mass is 249 g/mol. The van der Waals surface area contributed by atoms with E-state index in [0.29, 0.717) is 17.5 Å². The largest absolute Gasteiger partial charge is 0.475 e. The maximum atomic E-state index is 5.49. The number of hydrogen-bond acceptors (Lipinski definition) is 7. The molecule has 2 heterocycles. The lowest BCUT2D eigenvalue weighted by molar-refractivity contribution is 0.232. The van der Waals surface area contributed by atoms with Gasteiger partial charge in [-0.3, -0.25) is 0 Å². The first-order valence-corrected chi connectivity index (χ1v) is 5.63. The molecule has 0 aromatic carbocycles. The quantitative estimate of drug-likeness (QED) is 0.813. The van der Waals surface area contributed by atoms with E-state index in [1.807, 2.05) is 20.8 Å². The molecule has 1 atom stereocenters. The summed E-state index contributed by atoms with van der Waals surface area (Å²) in [5.74, 6) is 1.75. The van der Waals surface area contributed by atoms with Gasteiger partial charge in [0.25, 0.3) is 0 Å². The van der Waals surface area contributed by atoms with Gasteiger partial charge in [-0.2, -0.15) is 5.21 Å². The van der Waals surface area contributed by atoms with Gasteiger partial charge in [0, 0.05) is 6.07 Å². The second kappa shape index (κ2) is 5.39. The summed E-state index contributed by atoms with van der Waals surface area (Å²) in [7, 11) is 0. The van der Waals surface area contributed by atoms with E-state index in [0.717, 1.165) is 0 Å². The van der Waals surface area contributed by atoms with Crippen LogP contribution in [-0.4, -0.2) is 36.7 Å². The molecule has 1 unspecified atom stereocenters. The highest BCUT2D eigenvalue weighted by Crippen LogP contribution is 2.17. The van der Waals surface area contributed by atoms with Crippen molar-refractivity contribution in [3.63, 3.8) is 0 Å². The molecule has 2 rings (SSSR count). The molecule has 2 aromatic rings. The SMILES string of the molecule is CC(C)Oc1cc(NC(C)c2nn[nH]n2)ncn1. The van der Waals surface area contributed by atoms with Crippen LogP contribution < -0.4 is 10.1 Å². The summed E-state index contributed by atoms with van der Waals surface area (Å²) in [6, 6.07) is 1.63. The summed E-state index contributed by atoms with van der Waals surface area (Å²) in [5, 5.41) is 16.9. The summed E-state index contributed by atoms with van der Waals surface area (Å²) in [6.45, 7) is 5.80. The summed E-state index contributed by atoms with van der Waals surface area (Å²) in [5.41, 5.74) is 0. The van der Waals surface area contributed by atoms with E-state index in [1.165, 1.54) is 6.33 Å². The van der Waals surface area contributed by atoms with Crippen LogP contribution in [0.5, 0.6) is 5.88 Å². The summed E-state index contributed by atoms with van der Waals surface area (Å²) < 4.78 is 5.49. The number of ether oxygens (including phenoxy) is 1. The van der Waals surface area contributed by atoms with Gasteiger partial charge in [-0.05, 0) is 20.8 Å². The Balaban J connectivity index is 2.05. The number of anilines is 1. The van der Waals surface area contributed by atoms with E-state index in [1.54, 1.807) is 6.07 Å². The number of rotatable bonds is 5. The molecule has 2 N–H and O–H groups in total. The van der Waals surface area contributed by atoms with Crippen LogP contribution in [0.3, 0.4) is 0 Å². The zero-order valence-corrected chi connectivity index (χ0v) is 10.5. The molecule has 0 aliphatic rings. The maximum absolute atomic E-state index is 5.49. The van der Waals surface area contributed by atoms with Crippen LogP contribution >= 0.6 is 0 Å². The zero-order valence-electron chi connectivity index (χ0n) is 10.5. The van der Waals surface area contributed by atoms with Crippen molar-refractivity contribution >= 4 is 5.82 Å². The molecule has 18 heavy (non-hydrogen) atoms. The third-order valence-electron chi connectivity index (χ3n) is 2.11. The van der Waals surface area contributed by atoms with E-state index in [4.69, 9.17) is 4.74 Å². The van der Waals surface area contributed by atoms with E-state index in [2.05, 4.69) is 35.9 Å². The molecule has 0 saturated carbocycles. The number of aromatic nitrogens is 6. The number of aromatic amines is 1. The molecule has 2 aromatic heterocycles. The van der Waals surface area contributed by atoms with Crippen LogP contribution in [-0.2, 0) is 0 Å². The van der Waals surface area contributed by atoms with E-state index >= 15 is 0 Å². The first kappa shape index (κ1) is 12.2. The van der Waals surface area contributed by atoms with Crippen molar-refractivity contribution in [2.45, 2.75) is 32.9 Å². The molecule has 0 fully saturated rings. The lowest BCUT2D eigenvalue weighted by atomic mass is 10.3. The Morgan fingerprint density at radius 1 is 1.28 bits per heavy atom. The van der Waals surface area contributed by atoms with Crippen molar-refractivity contribution in [3.05, 3.63) is 18.2 Å². The van der Waals surface area contributed by atoms with Crippen LogP contribution in [0.1, 0.15) is 32.6 Å². The molecule has 0 bridgehead atoms. The molecule has 0 saturated heterocycles. The van der Waals surface area contributed by atoms with Gasteiger partial charge in [0.1, 0.15) is 12.1 Å². The molecule has 0 spiro atoms. The van der Waals surface area contributed by atoms with Crippen molar-refractivity contribution in [2.24, 2.45) is 0 Å². The Morgan fingerprint density at radius 3 is 2.78 bits per heavy atom. The van der Waals surface area contributed by atoms with Crippen molar-refractivity contribution in [1.29, 1.82) is 0 Å². The fourth-order valence-corrected chi connectivity index (χ4v) is 1.36. The van der Waals surface area contributed by atoms with Gasteiger partial charge in [-0.1, -0.05) is 5.21 Å². The molecule has 0 aliphatic carbocycles. The second-order valence-electron chi connectivity index (χ2n) is 4.04. The highest BCUT2D eigenvalue weighted by molar-refractivity contribution is 5.38. The van der Waals surface area contributed by atoms with Crippen LogP contribution in [0.2, 0.25) is 0 Å². The molecular formula is C10H15N7O. The Labute approximate surface area is 104 Å². The molecule has 0 amide bonds. The minimum atomic E-state index is -0.106. The number of H-pyrrole nitrogens is 1. The Hall–Kier alpha value is -2.25. The normalized spacial score (nSPS) is 12.4. The molecular weight excluding hydrogens is 234 g/mol. The number of nitrogens with zero attached hydrogens (tertiary/aromatic N) is 5. The van der Waals surface area contributed by atoms with E-state index < -0.39 is 0 Å². The molecule has 0 radical (unpaired) electrons. The van der Waals surface area contributed by atoms with Gasteiger partial charge in [-0.15, -0.1) is 10.2 Å². The van der Waals surface area contributed by atoms with Gasteiger partial charge in [0.05, 0.1) is 12.1 Å². The topological polar surface area (TPSA) is 102 Å². The molecule has 8 nitrogen and oxygen atoms in total. The van der Waals surface area contributed by atoms with E-state index in [9.17, 15) is 0 Å². The van der Waals surface area contributed by atoms with E-state index in [-0.39, 0.29) is 12.1 Å². The van der Waals surface area contributed by atoms with Gasteiger partial charge < -0.3 is 10.1 Å². The number of tetrazole rings is 1. The Morgan fingerprint density at radius 2 is 2.11 bits per heavy atom. The maximum Gasteiger partial charge on any atom is 0.218 e. The number of nitrogens with one attached hydrogen (secondary N) is 2. The molecule has 8 heteroatoms. The summed E-state index contributed by atoms with van der Waals surface area (Å²) >= 11 is 0. The van der Waals surface area contributed by atoms with Gasteiger partial charge in [0.15, 0.2) is 5.82 Å². The summed E-state index contributed by atoms with van der Waals surface area (Å²) in [6.07, 6.45) is 1.52. The first-order chi connectivity index (χ1) is 8.65. The predicted molar refractivity (Wildman–Crippen MR) is 64.0 cm³/mol. The average Bonchev–Trinajstić information content (AvgIpc) is 2.81. The van der Waals surface area contributed by atoms with Crippen LogP contribution in [0.25, 0.3) is 0 Å². The standard InChI is InChI=1S/C10H15N7O/c1-6(2)18-9-4-8(11-5-12-9)13-7(3)10-14-16-17-15-10/h4-7H,1-3H3,(H,11,12,13)(H,14,15,16,17). The fourth-order valence-electron chi connectivity index (χ4n) is 1.36. The molecule has 0 aliphatic heterocycles. The van der Waals surface area contributed by atoms with Crippen molar-refractivity contribution in [2.75, 3.05) is 5.32 Å². The minimum absolute atomic E-state index is 0.0716. The molecule has 96 valence electrons. The van der Waals surface area contributed by atoms with Crippen LogP contribution in [0, 0.1) is 0 Å². The van der Waals surface area contributed by atoms with Crippen molar-refractivity contribution in [3.8, 4) is 5.88 Å². The second-order valence-corrected chi connectivity index (χ2v) is 4.04. The number of hydrogen-bond donors (Lipinski definition) is 2. The first-order valence-electron chi connectivity index (χ1n) is 5.63. The third-order valence-corrected chi connectivity index (χ3v) is 2.11.